The summed E-state index contributed by atoms with van der Waals surface area (Å²) in [6, 6.07) is 78.0. The van der Waals surface area contributed by atoms with Gasteiger partial charge in [-0.1, -0.05) is 146 Å². The highest BCUT2D eigenvalue weighted by molar-refractivity contribution is 7.33. The van der Waals surface area contributed by atoms with E-state index in [0.717, 1.165) is 67.5 Å². The van der Waals surface area contributed by atoms with Crippen LogP contribution in [-0.2, 0) is 18.9 Å². The second-order valence-electron chi connectivity index (χ2n) is 16.8. The number of fused-ring (bicyclic) bond motifs is 1. The van der Waals surface area contributed by atoms with E-state index in [1.165, 1.54) is 30.3 Å². The number of benzene rings is 8. The summed E-state index contributed by atoms with van der Waals surface area (Å²) in [6.45, 7) is 2.42. The van der Waals surface area contributed by atoms with Gasteiger partial charge < -0.3 is 28.7 Å². The monoisotopic (exact) mass is 922 g/mol. The highest BCUT2D eigenvalue weighted by atomic mass is 32.1. The molecule has 68 heavy (non-hydrogen) atoms. The third kappa shape index (κ3) is 8.22. The number of hydrogen-bond acceptors (Lipinski definition) is 8. The van der Waals surface area contributed by atoms with E-state index < -0.39 is 0 Å². The second-order valence-corrected chi connectivity index (χ2v) is 18.8. The van der Waals surface area contributed by atoms with E-state index in [1.807, 2.05) is 22.7 Å². The van der Waals surface area contributed by atoms with Gasteiger partial charge in [-0.25, -0.2) is 0 Å². The first-order chi connectivity index (χ1) is 33.7. The fourth-order valence-corrected chi connectivity index (χ4v) is 12.3. The number of para-hydroxylation sites is 4. The molecule has 0 aliphatic carbocycles. The van der Waals surface area contributed by atoms with E-state index in [2.05, 4.69) is 228 Å². The van der Waals surface area contributed by atoms with Crippen LogP contribution in [-0.4, -0.2) is 26.4 Å². The molecule has 6 nitrogen and oxygen atoms in total. The van der Waals surface area contributed by atoms with Crippen LogP contribution >= 0.6 is 22.7 Å². The van der Waals surface area contributed by atoms with Gasteiger partial charge in [-0.05, 0) is 95.1 Å². The largest absolute Gasteiger partial charge is 0.346 e. The molecule has 0 spiro atoms. The number of ether oxygens (including phenoxy) is 4. The average molecular weight is 923 g/mol. The van der Waals surface area contributed by atoms with Crippen molar-refractivity contribution >= 4 is 66.2 Å². The first kappa shape index (κ1) is 42.2. The smallest absolute Gasteiger partial charge is 0.184 e. The zero-order valence-corrected chi connectivity index (χ0v) is 38.7. The molecule has 0 unspecified atom stereocenters. The molecule has 10 aromatic rings. The Kier molecular flexibility index (Phi) is 11.7. The van der Waals surface area contributed by atoms with Gasteiger partial charge in [0.1, 0.15) is 0 Å². The first-order valence-electron chi connectivity index (χ1n) is 23.0. The molecule has 8 aromatic carbocycles. The van der Waals surface area contributed by atoms with Gasteiger partial charge in [0.25, 0.3) is 0 Å². The van der Waals surface area contributed by atoms with Gasteiger partial charge in [0.2, 0.25) is 0 Å². The molecular weight excluding hydrogens is 877 g/mol. The summed E-state index contributed by atoms with van der Waals surface area (Å²) in [7, 11) is 0. The van der Waals surface area contributed by atoms with Crippen molar-refractivity contribution in [1.82, 2.24) is 0 Å². The van der Waals surface area contributed by atoms with Crippen molar-refractivity contribution in [2.24, 2.45) is 0 Å². The minimum Gasteiger partial charge on any atom is -0.346 e. The molecule has 0 atom stereocenters. The van der Waals surface area contributed by atoms with Crippen LogP contribution in [0.1, 0.15) is 23.7 Å². The van der Waals surface area contributed by atoms with Crippen molar-refractivity contribution in [3.05, 3.63) is 230 Å². The quantitative estimate of drug-likeness (QED) is 0.122. The van der Waals surface area contributed by atoms with Crippen molar-refractivity contribution in [2.45, 2.75) is 12.6 Å². The molecule has 2 aromatic heterocycles. The van der Waals surface area contributed by atoms with Gasteiger partial charge in [-0.3, -0.25) is 0 Å². The van der Waals surface area contributed by atoms with Crippen LogP contribution < -0.4 is 9.80 Å². The van der Waals surface area contributed by atoms with Gasteiger partial charge in [-0.15, -0.1) is 22.7 Å². The number of hydrogen-bond donors (Lipinski definition) is 0. The topological polar surface area (TPSA) is 43.4 Å². The lowest BCUT2D eigenvalue weighted by atomic mass is 9.98. The average Bonchev–Trinajstić information content (AvgIpc) is 4.26. The maximum atomic E-state index is 5.90. The van der Waals surface area contributed by atoms with Crippen LogP contribution in [0.15, 0.2) is 218 Å². The minimum absolute atomic E-state index is 0.338. The Morgan fingerprint density at radius 2 is 0.559 bits per heavy atom. The Balaban J connectivity index is 1.03. The fourth-order valence-electron chi connectivity index (χ4n) is 9.31. The highest BCUT2D eigenvalue weighted by Crippen LogP contribution is 2.56. The normalized spacial score (nSPS) is 14.2. The number of nitrogens with zero attached hydrogens (tertiary/aromatic N) is 2. The third-order valence-corrected chi connectivity index (χ3v) is 15.2. The van der Waals surface area contributed by atoms with Crippen LogP contribution in [0.25, 0.3) is 52.5 Å². The molecule has 0 amide bonds. The number of anilines is 6. The minimum atomic E-state index is -0.338. The van der Waals surface area contributed by atoms with Gasteiger partial charge >= 0.3 is 0 Å². The predicted octanol–water partition coefficient (Wildman–Crippen LogP) is 16.7. The van der Waals surface area contributed by atoms with Crippen molar-refractivity contribution in [2.75, 3.05) is 36.2 Å². The van der Waals surface area contributed by atoms with E-state index in [-0.39, 0.29) is 12.6 Å². The Morgan fingerprint density at radius 1 is 0.294 bits per heavy atom. The van der Waals surface area contributed by atoms with Crippen molar-refractivity contribution in [1.29, 1.82) is 0 Å². The molecule has 0 bridgehead atoms. The van der Waals surface area contributed by atoms with E-state index in [0.29, 0.717) is 26.4 Å². The third-order valence-electron chi connectivity index (χ3n) is 12.5. The van der Waals surface area contributed by atoms with E-state index in [9.17, 15) is 0 Å². The summed E-state index contributed by atoms with van der Waals surface area (Å²) in [6.07, 6.45) is -0.676. The summed E-state index contributed by atoms with van der Waals surface area (Å²) in [5, 5.41) is 0. The van der Waals surface area contributed by atoms with Gasteiger partial charge in [0, 0.05) is 66.1 Å². The van der Waals surface area contributed by atoms with Gasteiger partial charge in [0.15, 0.2) is 12.6 Å². The second kappa shape index (κ2) is 18.9. The molecule has 4 heterocycles. The van der Waals surface area contributed by atoms with Crippen LogP contribution in [0.2, 0.25) is 0 Å². The maximum Gasteiger partial charge on any atom is 0.184 e. The molecule has 2 saturated heterocycles. The molecular formula is C60H46N2O4S2. The summed E-state index contributed by atoms with van der Waals surface area (Å²) >= 11 is 3.73. The van der Waals surface area contributed by atoms with Crippen LogP contribution in [0.4, 0.5) is 34.1 Å². The van der Waals surface area contributed by atoms with Crippen molar-refractivity contribution < 1.29 is 18.9 Å². The molecule has 8 heteroatoms. The summed E-state index contributed by atoms with van der Waals surface area (Å²) < 4.78 is 26.1. The molecule has 12 rings (SSSR count). The Hall–Kier alpha value is -7.14. The lowest BCUT2D eigenvalue weighted by Crippen LogP contribution is -2.09. The van der Waals surface area contributed by atoms with Crippen LogP contribution in [0, 0.1) is 0 Å². The molecule has 332 valence electrons. The van der Waals surface area contributed by atoms with Crippen LogP contribution in [0.5, 0.6) is 0 Å². The van der Waals surface area contributed by atoms with Crippen molar-refractivity contribution in [3.8, 4) is 43.1 Å². The lowest BCUT2D eigenvalue weighted by Gasteiger charge is -2.25. The predicted molar refractivity (Wildman–Crippen MR) is 280 cm³/mol. The summed E-state index contributed by atoms with van der Waals surface area (Å²) in [4.78, 5) is 7.06. The molecule has 2 aliphatic rings. The van der Waals surface area contributed by atoms with E-state index in [4.69, 9.17) is 18.9 Å². The lowest BCUT2D eigenvalue weighted by molar-refractivity contribution is -0.0443. The first-order valence-corrected chi connectivity index (χ1v) is 24.6. The fraction of sp³-hybridized carbons (Fsp3) is 0.100. The van der Waals surface area contributed by atoms with E-state index >= 15 is 0 Å². The molecule has 0 radical (unpaired) electrons. The number of thiophene rings is 2. The van der Waals surface area contributed by atoms with Gasteiger partial charge in [-0.2, -0.15) is 0 Å². The molecule has 2 aliphatic heterocycles. The van der Waals surface area contributed by atoms with Gasteiger partial charge in [0.05, 0.1) is 35.8 Å². The summed E-state index contributed by atoms with van der Waals surface area (Å²) in [5.74, 6) is 0. The summed E-state index contributed by atoms with van der Waals surface area (Å²) in [5.41, 5.74) is 15.7. The van der Waals surface area contributed by atoms with Crippen molar-refractivity contribution in [3.63, 3.8) is 0 Å². The Bertz CT molecular complexity index is 2960. The highest BCUT2D eigenvalue weighted by Gasteiger charge is 2.27. The Labute approximate surface area is 404 Å². The van der Waals surface area contributed by atoms with Crippen LogP contribution in [0.3, 0.4) is 0 Å². The molecule has 2 fully saturated rings. The number of rotatable bonds is 12. The zero-order valence-electron chi connectivity index (χ0n) is 37.1. The SMILES string of the molecule is c1ccc(N(c2ccccc2)c2ccc(-c3c(-c4ccc(C5OCCO5)cc4)sc4c(-c5ccc(N(c6ccccc6)c6ccccc6)cc5)c(-c5ccc(C6OCCO6)cc5)sc34)cc2)cc1. The molecule has 0 N–H and O–H groups in total. The standard InChI is InChI=1S/C60H46N2O4S2/c1-5-13-47(14-6-1)61(48-15-7-2-8-16-48)51-33-29-41(30-34-51)53-55(43-21-25-45(26-22-43)59-63-37-38-64-59)67-58-54(56(68-57(53)58)44-23-27-46(28-24-44)60-65-39-40-66-60)42-31-35-52(36-32-42)62(49-17-9-3-10-18-49)50-19-11-4-12-20-50/h1-36,59-60H,37-40H2. The zero-order chi connectivity index (χ0) is 45.2. The maximum absolute atomic E-state index is 5.90. The Morgan fingerprint density at radius 3 is 0.853 bits per heavy atom. The molecule has 0 saturated carbocycles. The van der Waals surface area contributed by atoms with E-state index in [1.54, 1.807) is 0 Å².